The fraction of sp³-hybridized carbons (Fsp3) is 0.600. The molecule has 1 unspecified atom stereocenters. The zero-order valence-corrected chi connectivity index (χ0v) is 10.0. The molecule has 0 heterocycles. The van der Waals surface area contributed by atoms with Crippen LogP contribution in [0.1, 0.15) is 12.8 Å². The van der Waals surface area contributed by atoms with Crippen molar-refractivity contribution in [3.63, 3.8) is 0 Å². The second-order valence-corrected chi connectivity index (χ2v) is 3.73. The Morgan fingerprint density at radius 1 is 1.29 bits per heavy atom. The van der Waals surface area contributed by atoms with E-state index in [1.54, 1.807) is 0 Å². The van der Waals surface area contributed by atoms with Gasteiger partial charge in [-0.3, -0.25) is 9.59 Å². The second kappa shape index (κ2) is 6.57. The van der Waals surface area contributed by atoms with Crippen LogP contribution < -0.4 is 29.6 Å². The van der Waals surface area contributed by atoms with Crippen LogP contribution in [0.4, 0.5) is 8.78 Å². The first-order valence-corrected chi connectivity index (χ1v) is 4.54. The Hall–Kier alpha value is 0.110. The molecule has 1 atom stereocenters. The molecular formula is C5H5F2NaO5S. The van der Waals surface area contributed by atoms with Crippen LogP contribution in [0.2, 0.25) is 0 Å². The van der Waals surface area contributed by atoms with Crippen molar-refractivity contribution in [1.82, 2.24) is 0 Å². The van der Waals surface area contributed by atoms with Gasteiger partial charge in [-0.25, -0.2) is 8.42 Å². The monoisotopic (exact) mass is 238 g/mol. The first-order valence-electron chi connectivity index (χ1n) is 3.07. The molecule has 0 radical (unpaired) electrons. The molecule has 9 heteroatoms. The molecule has 0 aliphatic rings. The summed E-state index contributed by atoms with van der Waals surface area (Å²) in [5.74, 6) is 0. The van der Waals surface area contributed by atoms with Crippen LogP contribution >= 0.6 is 0 Å². The van der Waals surface area contributed by atoms with E-state index in [1.165, 1.54) is 0 Å². The third-order valence-corrected chi connectivity index (χ3v) is 2.32. The molecule has 0 rings (SSSR count). The minimum Gasteiger partial charge on any atom is -0.747 e. The first-order chi connectivity index (χ1) is 5.75. The molecule has 0 amide bonds. The van der Waals surface area contributed by atoms with E-state index in [0.29, 0.717) is 0 Å². The summed E-state index contributed by atoms with van der Waals surface area (Å²) in [6.07, 6.45) is -1.93. The molecule has 0 aromatic carbocycles. The van der Waals surface area contributed by atoms with E-state index in [4.69, 9.17) is 0 Å². The van der Waals surface area contributed by atoms with Crippen LogP contribution in [0.3, 0.4) is 0 Å². The van der Waals surface area contributed by atoms with Crippen molar-refractivity contribution in [3.05, 3.63) is 0 Å². The quantitative estimate of drug-likeness (QED) is 0.284. The van der Waals surface area contributed by atoms with Crippen LogP contribution in [0, 0.1) is 0 Å². The van der Waals surface area contributed by atoms with Gasteiger partial charge in [0.05, 0.1) is 0 Å². The summed E-state index contributed by atoms with van der Waals surface area (Å²) in [5, 5.41) is -2.48. The second-order valence-electron chi connectivity index (χ2n) is 2.18. The maximum absolute atomic E-state index is 11.9. The number of rotatable bonds is 5. The number of carbonyl (C=O) groups excluding carboxylic acids is 2. The molecule has 0 aromatic heterocycles. The van der Waals surface area contributed by atoms with Crippen molar-refractivity contribution in [1.29, 1.82) is 0 Å². The molecule has 14 heavy (non-hydrogen) atoms. The average molecular weight is 238 g/mol. The van der Waals surface area contributed by atoms with Crippen LogP contribution in [0.5, 0.6) is 0 Å². The topological polar surface area (TPSA) is 91.3 Å². The standard InChI is InChI=1S/C5H6F2O5S.Na/c6-4(8)2-1-3(5(7)9)13(10,11)12;/h3H,1-2H2,(H,10,11,12);/q;+1/p-1. The van der Waals surface area contributed by atoms with Gasteiger partial charge in [0.15, 0.2) is 0 Å². The van der Waals surface area contributed by atoms with E-state index in [-0.39, 0.29) is 29.6 Å². The van der Waals surface area contributed by atoms with Crippen LogP contribution in [0.25, 0.3) is 0 Å². The molecule has 0 saturated carbocycles. The molecule has 0 aliphatic heterocycles. The van der Waals surface area contributed by atoms with E-state index < -0.39 is 40.3 Å². The Morgan fingerprint density at radius 3 is 1.93 bits per heavy atom. The van der Waals surface area contributed by atoms with E-state index in [0.717, 1.165) is 0 Å². The Bertz CT molecular complexity index is 314. The van der Waals surface area contributed by atoms with Gasteiger partial charge >= 0.3 is 41.6 Å². The SMILES string of the molecule is O=C(F)CCC(C(=O)F)S(=O)(=O)[O-].[Na+]. The molecule has 76 valence electrons. The van der Waals surface area contributed by atoms with Crippen molar-refractivity contribution in [3.8, 4) is 0 Å². The average Bonchev–Trinajstić information content (AvgIpc) is 1.81. The zero-order chi connectivity index (χ0) is 10.6. The van der Waals surface area contributed by atoms with Gasteiger partial charge in [0.2, 0.25) is 0 Å². The summed E-state index contributed by atoms with van der Waals surface area (Å²) >= 11 is 0. The molecule has 0 saturated heterocycles. The summed E-state index contributed by atoms with van der Waals surface area (Å²) in [6, 6.07) is -4.29. The van der Waals surface area contributed by atoms with Gasteiger partial charge in [-0.2, -0.15) is 8.78 Å². The maximum atomic E-state index is 11.9. The molecule has 0 N–H and O–H groups in total. The summed E-state index contributed by atoms with van der Waals surface area (Å²) in [6.45, 7) is 0. The Labute approximate surface area is 101 Å². The Balaban J connectivity index is 0. The molecular weight excluding hydrogens is 233 g/mol. The fourth-order valence-electron chi connectivity index (χ4n) is 0.616. The van der Waals surface area contributed by atoms with Gasteiger partial charge < -0.3 is 4.55 Å². The van der Waals surface area contributed by atoms with Crippen LogP contribution in [-0.4, -0.2) is 30.3 Å². The summed E-state index contributed by atoms with van der Waals surface area (Å²) in [7, 11) is -5.15. The predicted molar refractivity (Wildman–Crippen MR) is 34.9 cm³/mol. The van der Waals surface area contributed by atoms with E-state index >= 15 is 0 Å². The molecule has 5 nitrogen and oxygen atoms in total. The minimum atomic E-state index is -5.15. The summed E-state index contributed by atoms with van der Waals surface area (Å²) in [5.41, 5.74) is 0. The van der Waals surface area contributed by atoms with E-state index in [9.17, 15) is 31.3 Å². The maximum Gasteiger partial charge on any atom is 1.00 e. The first kappa shape index (κ1) is 16.5. The van der Waals surface area contributed by atoms with Crippen molar-refractivity contribution in [2.75, 3.05) is 0 Å². The van der Waals surface area contributed by atoms with Crippen LogP contribution in [-0.2, 0) is 19.7 Å². The van der Waals surface area contributed by atoms with Gasteiger partial charge in [-0.1, -0.05) is 0 Å². The van der Waals surface area contributed by atoms with E-state index in [2.05, 4.69) is 0 Å². The third-order valence-electron chi connectivity index (χ3n) is 1.20. The van der Waals surface area contributed by atoms with Crippen molar-refractivity contribution < 1.29 is 60.9 Å². The number of hydrogen-bond donors (Lipinski definition) is 0. The summed E-state index contributed by atoms with van der Waals surface area (Å²) in [4.78, 5) is 19.6. The van der Waals surface area contributed by atoms with Gasteiger partial charge in [-0.15, -0.1) is 0 Å². The molecule has 0 spiro atoms. The number of halogens is 2. The number of hydrogen-bond acceptors (Lipinski definition) is 5. The Morgan fingerprint density at radius 2 is 1.71 bits per heavy atom. The van der Waals surface area contributed by atoms with Crippen LogP contribution in [0.15, 0.2) is 0 Å². The summed E-state index contributed by atoms with van der Waals surface area (Å²) < 4.78 is 53.8. The van der Waals surface area contributed by atoms with Gasteiger partial charge in [0, 0.05) is 6.42 Å². The largest absolute Gasteiger partial charge is 1.00 e. The third kappa shape index (κ3) is 6.55. The molecule has 0 bridgehead atoms. The smallest absolute Gasteiger partial charge is 0.747 e. The van der Waals surface area contributed by atoms with E-state index in [1.807, 2.05) is 0 Å². The zero-order valence-electron chi connectivity index (χ0n) is 7.20. The molecule has 0 aromatic rings. The van der Waals surface area contributed by atoms with Crippen molar-refractivity contribution >= 4 is 22.2 Å². The van der Waals surface area contributed by atoms with Crippen molar-refractivity contribution in [2.24, 2.45) is 0 Å². The van der Waals surface area contributed by atoms with Gasteiger partial charge in [0.1, 0.15) is 15.4 Å². The predicted octanol–water partition coefficient (Wildman–Crippen LogP) is -3.32. The number of carbonyl (C=O) groups is 2. The van der Waals surface area contributed by atoms with Gasteiger partial charge in [0.25, 0.3) is 0 Å². The van der Waals surface area contributed by atoms with Gasteiger partial charge in [-0.05, 0) is 6.42 Å². The molecule has 0 fully saturated rings. The normalized spacial score (nSPS) is 12.8. The Kier molecular flexibility index (Phi) is 7.76. The van der Waals surface area contributed by atoms with Crippen molar-refractivity contribution in [2.45, 2.75) is 18.1 Å². The molecule has 0 aliphatic carbocycles. The fourth-order valence-corrected chi connectivity index (χ4v) is 1.25. The minimum absolute atomic E-state index is 0.